The van der Waals surface area contributed by atoms with Gasteiger partial charge in [0.1, 0.15) is 0 Å². The first kappa shape index (κ1) is 9.64. The molecule has 0 aliphatic rings. The highest BCUT2D eigenvalue weighted by molar-refractivity contribution is 7.86. The van der Waals surface area contributed by atoms with Crippen molar-refractivity contribution < 1.29 is 19.8 Å². The second-order valence-electron chi connectivity index (χ2n) is 1.53. The molecule has 0 rings (SSSR count). The summed E-state index contributed by atoms with van der Waals surface area (Å²) >= 11 is 6.80. The molecular formula is C4H4O4S2-2. The maximum Gasteiger partial charge on any atom is 0.0582 e. The van der Waals surface area contributed by atoms with Gasteiger partial charge >= 0.3 is 0 Å². The summed E-state index contributed by atoms with van der Waals surface area (Å²) in [5.74, 6) is -3.15. The van der Waals surface area contributed by atoms with Gasteiger partial charge in [0.2, 0.25) is 0 Å². The van der Waals surface area contributed by atoms with Crippen LogP contribution >= 0.6 is 25.3 Å². The molecule has 6 heteroatoms. The van der Waals surface area contributed by atoms with E-state index in [0.717, 1.165) is 0 Å². The summed E-state index contributed by atoms with van der Waals surface area (Å²) in [6.07, 6.45) is 0. The lowest BCUT2D eigenvalue weighted by atomic mass is 10.3. The molecule has 0 aromatic rings. The predicted octanol–water partition coefficient (Wildman–Crippen LogP) is -2.92. The zero-order chi connectivity index (χ0) is 8.31. The normalized spacial score (nSPS) is 15.8. The number of rotatable bonds is 3. The SMILES string of the molecule is O=C([O-])[C@@H](S)[C@@H](S)C(=O)[O-]. The fourth-order valence-corrected chi connectivity index (χ4v) is 0.501. The molecule has 0 unspecified atom stereocenters. The minimum absolute atomic E-state index is 1.44. The topological polar surface area (TPSA) is 80.3 Å². The first-order valence-electron chi connectivity index (χ1n) is 2.24. The maximum absolute atomic E-state index is 9.92. The predicted molar refractivity (Wildman–Crippen MR) is 35.6 cm³/mol. The van der Waals surface area contributed by atoms with Gasteiger partial charge in [-0.1, -0.05) is 0 Å². The van der Waals surface area contributed by atoms with Gasteiger partial charge in [0.25, 0.3) is 0 Å². The Kier molecular flexibility index (Phi) is 3.59. The monoisotopic (exact) mass is 180 g/mol. The van der Waals surface area contributed by atoms with Crippen molar-refractivity contribution in [2.24, 2.45) is 0 Å². The Morgan fingerprint density at radius 1 is 1.00 bits per heavy atom. The highest BCUT2D eigenvalue weighted by Crippen LogP contribution is 2.06. The lowest BCUT2D eigenvalue weighted by Crippen LogP contribution is -2.46. The summed E-state index contributed by atoms with van der Waals surface area (Å²) in [5.41, 5.74) is 0. The Morgan fingerprint density at radius 2 is 1.20 bits per heavy atom. The fraction of sp³-hybridized carbons (Fsp3) is 0.500. The van der Waals surface area contributed by atoms with E-state index in [1.807, 2.05) is 0 Å². The standard InChI is InChI=1S/C4H6O4S2/c5-3(6)1(9)2(10)4(7)8/h1-2,9-10H,(H,5,6)(H,7,8)/p-2/t1-,2+. The zero-order valence-electron chi connectivity index (χ0n) is 4.68. The van der Waals surface area contributed by atoms with E-state index in [1.165, 1.54) is 0 Å². The number of aliphatic carboxylic acids is 2. The molecule has 0 saturated carbocycles. The third-order valence-corrected chi connectivity index (χ3v) is 2.04. The number of carboxylic acid groups (broad SMARTS) is 2. The van der Waals surface area contributed by atoms with Gasteiger partial charge in [0, 0.05) is 0 Å². The molecule has 0 heterocycles. The van der Waals surface area contributed by atoms with E-state index < -0.39 is 22.4 Å². The van der Waals surface area contributed by atoms with Gasteiger partial charge in [-0.15, -0.1) is 0 Å². The largest absolute Gasteiger partial charge is 0.549 e. The highest BCUT2D eigenvalue weighted by atomic mass is 32.1. The summed E-state index contributed by atoms with van der Waals surface area (Å²) in [6, 6.07) is 0. The summed E-state index contributed by atoms with van der Waals surface area (Å²) in [4.78, 5) is 19.8. The third-order valence-electron chi connectivity index (χ3n) is 0.782. The molecule has 0 N–H and O–H groups in total. The van der Waals surface area contributed by atoms with Gasteiger partial charge in [-0.3, -0.25) is 0 Å². The van der Waals surface area contributed by atoms with E-state index in [4.69, 9.17) is 0 Å². The average molecular weight is 180 g/mol. The van der Waals surface area contributed by atoms with E-state index in [0.29, 0.717) is 0 Å². The molecule has 0 aromatic carbocycles. The second-order valence-corrected chi connectivity index (χ2v) is 2.64. The molecule has 0 amide bonds. The van der Waals surface area contributed by atoms with E-state index in [-0.39, 0.29) is 0 Å². The van der Waals surface area contributed by atoms with Crippen LogP contribution in [0.5, 0.6) is 0 Å². The van der Waals surface area contributed by atoms with Gasteiger partial charge in [0.15, 0.2) is 0 Å². The molecule has 58 valence electrons. The summed E-state index contributed by atoms with van der Waals surface area (Å²) in [6.45, 7) is 0. The van der Waals surface area contributed by atoms with Crippen molar-refractivity contribution in [3.63, 3.8) is 0 Å². The van der Waals surface area contributed by atoms with Crippen molar-refractivity contribution >= 4 is 37.2 Å². The highest BCUT2D eigenvalue weighted by Gasteiger charge is 2.15. The van der Waals surface area contributed by atoms with Crippen molar-refractivity contribution in [2.45, 2.75) is 10.5 Å². The molecule has 0 radical (unpaired) electrons. The summed E-state index contributed by atoms with van der Waals surface area (Å²) in [7, 11) is 0. The molecule has 0 fully saturated rings. The van der Waals surface area contributed by atoms with Crippen LogP contribution in [0.4, 0.5) is 0 Å². The first-order valence-corrected chi connectivity index (χ1v) is 3.28. The van der Waals surface area contributed by atoms with Crippen LogP contribution in [0.25, 0.3) is 0 Å². The van der Waals surface area contributed by atoms with Crippen LogP contribution in [0.15, 0.2) is 0 Å². The lowest BCUT2D eigenvalue weighted by Gasteiger charge is -2.19. The average Bonchev–Trinajstić information content (AvgIpc) is 1.84. The molecule has 0 bridgehead atoms. The summed E-state index contributed by atoms with van der Waals surface area (Å²) in [5, 5.41) is 17.0. The minimum Gasteiger partial charge on any atom is -0.549 e. The Labute approximate surface area is 68.1 Å². The smallest absolute Gasteiger partial charge is 0.0582 e. The first-order chi connectivity index (χ1) is 4.46. The maximum atomic E-state index is 9.92. The third kappa shape index (κ3) is 2.49. The van der Waals surface area contributed by atoms with E-state index >= 15 is 0 Å². The Balaban J connectivity index is 4.07. The quantitative estimate of drug-likeness (QED) is 0.456. The molecule has 0 aliphatic heterocycles. The number of hydrogen-bond donors (Lipinski definition) is 2. The van der Waals surface area contributed by atoms with Crippen LogP contribution in [0.3, 0.4) is 0 Å². The van der Waals surface area contributed by atoms with Crippen LogP contribution in [-0.2, 0) is 9.59 Å². The molecule has 4 nitrogen and oxygen atoms in total. The zero-order valence-corrected chi connectivity index (χ0v) is 6.47. The van der Waals surface area contributed by atoms with Gasteiger partial charge in [0.05, 0.1) is 22.4 Å². The number of carboxylic acids is 2. The fourth-order valence-electron chi connectivity index (χ4n) is 0.258. The van der Waals surface area contributed by atoms with Crippen LogP contribution in [0.1, 0.15) is 0 Å². The Bertz CT molecular complexity index is 139. The van der Waals surface area contributed by atoms with Crippen molar-refractivity contribution in [1.82, 2.24) is 0 Å². The Hall–Kier alpha value is -0.360. The van der Waals surface area contributed by atoms with Gasteiger partial charge in [-0.25, -0.2) is 0 Å². The van der Waals surface area contributed by atoms with Crippen molar-refractivity contribution in [2.75, 3.05) is 0 Å². The number of thiol groups is 2. The van der Waals surface area contributed by atoms with Crippen LogP contribution in [0.2, 0.25) is 0 Å². The number of carbonyl (C=O) groups is 2. The second kappa shape index (κ2) is 3.72. The van der Waals surface area contributed by atoms with Gasteiger partial charge in [-0.05, 0) is 0 Å². The van der Waals surface area contributed by atoms with E-state index in [9.17, 15) is 19.8 Å². The van der Waals surface area contributed by atoms with Crippen LogP contribution in [-0.4, -0.2) is 22.4 Å². The van der Waals surface area contributed by atoms with Crippen molar-refractivity contribution in [1.29, 1.82) is 0 Å². The minimum atomic E-state index is -1.58. The summed E-state index contributed by atoms with van der Waals surface area (Å²) < 4.78 is 0. The van der Waals surface area contributed by atoms with Crippen molar-refractivity contribution in [3.8, 4) is 0 Å². The molecule has 0 aliphatic carbocycles. The Morgan fingerprint density at radius 3 is 1.30 bits per heavy atom. The molecule has 0 saturated heterocycles. The lowest BCUT2D eigenvalue weighted by molar-refractivity contribution is -0.313. The van der Waals surface area contributed by atoms with E-state index in [1.54, 1.807) is 0 Å². The number of carbonyl (C=O) groups excluding carboxylic acids is 2. The van der Waals surface area contributed by atoms with Crippen LogP contribution < -0.4 is 10.2 Å². The van der Waals surface area contributed by atoms with Crippen LogP contribution in [0, 0.1) is 0 Å². The molecule has 0 spiro atoms. The van der Waals surface area contributed by atoms with Crippen molar-refractivity contribution in [3.05, 3.63) is 0 Å². The molecular weight excluding hydrogens is 176 g/mol. The molecule has 0 aromatic heterocycles. The number of hydrogen-bond acceptors (Lipinski definition) is 6. The van der Waals surface area contributed by atoms with Gasteiger partial charge in [-0.2, -0.15) is 25.3 Å². The van der Waals surface area contributed by atoms with E-state index in [2.05, 4.69) is 25.3 Å². The molecule has 10 heavy (non-hydrogen) atoms. The van der Waals surface area contributed by atoms with Gasteiger partial charge < -0.3 is 19.8 Å². The molecule has 2 atom stereocenters.